The minimum absolute atomic E-state index is 0.0716. The van der Waals surface area contributed by atoms with Crippen LogP contribution in [0.1, 0.15) is 27.4 Å². The molecule has 0 aliphatic carbocycles. The number of fused-ring (bicyclic) bond motifs is 1. The van der Waals surface area contributed by atoms with Gasteiger partial charge in [0.1, 0.15) is 23.2 Å². The normalized spacial score (nSPS) is 10.5. The smallest absolute Gasteiger partial charge is 0.335 e. The first kappa shape index (κ1) is 15.5. The highest BCUT2D eigenvalue weighted by Crippen LogP contribution is 2.24. The van der Waals surface area contributed by atoms with Crippen molar-refractivity contribution in [2.24, 2.45) is 0 Å². The van der Waals surface area contributed by atoms with E-state index in [0.717, 1.165) is 6.07 Å². The molecule has 6 nitrogen and oxygen atoms in total. The van der Waals surface area contributed by atoms with E-state index in [4.69, 9.17) is 19.5 Å². The summed E-state index contributed by atoms with van der Waals surface area (Å²) >= 11 is 0. The van der Waals surface area contributed by atoms with Gasteiger partial charge in [0, 0.05) is 0 Å². The predicted molar refractivity (Wildman–Crippen MR) is 81.2 cm³/mol. The molecular weight excluding hydrogens is 315 g/mol. The van der Waals surface area contributed by atoms with Crippen molar-refractivity contribution in [2.45, 2.75) is 13.5 Å². The summed E-state index contributed by atoms with van der Waals surface area (Å²) in [4.78, 5) is 15.1. The largest absolute Gasteiger partial charge is 0.482 e. The molecule has 1 heterocycles. The lowest BCUT2D eigenvalue weighted by Crippen LogP contribution is -1.99. The summed E-state index contributed by atoms with van der Waals surface area (Å²) in [5.74, 6) is -1.10. The molecule has 0 atom stereocenters. The number of nitriles is 1. The van der Waals surface area contributed by atoms with E-state index < -0.39 is 11.8 Å². The number of halogens is 1. The zero-order chi connectivity index (χ0) is 17.3. The van der Waals surface area contributed by atoms with Crippen LogP contribution in [-0.4, -0.2) is 16.1 Å². The zero-order valence-electron chi connectivity index (χ0n) is 12.5. The Morgan fingerprint density at radius 1 is 1.42 bits per heavy atom. The highest BCUT2D eigenvalue weighted by molar-refractivity contribution is 5.91. The number of aromatic carboxylic acids is 1. The zero-order valence-corrected chi connectivity index (χ0v) is 12.5. The topological polar surface area (TPSA) is 96.3 Å². The van der Waals surface area contributed by atoms with Crippen LogP contribution in [0.3, 0.4) is 0 Å². The van der Waals surface area contributed by atoms with E-state index in [0.29, 0.717) is 16.7 Å². The molecule has 0 unspecified atom stereocenters. The number of carbonyl (C=O) groups is 1. The Balaban J connectivity index is 1.85. The minimum atomic E-state index is -1.06. The molecule has 0 aliphatic rings. The van der Waals surface area contributed by atoms with Gasteiger partial charge in [-0.25, -0.2) is 14.2 Å². The molecule has 0 saturated carbocycles. The maximum absolute atomic E-state index is 13.5. The first-order valence-electron chi connectivity index (χ1n) is 6.93. The molecule has 2 aromatic carbocycles. The highest BCUT2D eigenvalue weighted by atomic mass is 19.1. The standard InChI is InChI=1S/C17H11FN2O4/c1-9-4-14(11(7-19)5-12(9)18)23-8-16-20-13-3-2-10(17(21)22)6-15(13)24-16/h2-6H,8H2,1H3,(H,21,22). The number of carboxylic acids is 1. The summed E-state index contributed by atoms with van der Waals surface area (Å²) in [6, 6.07) is 8.74. The van der Waals surface area contributed by atoms with Crippen LogP contribution in [-0.2, 0) is 6.61 Å². The molecule has 24 heavy (non-hydrogen) atoms. The summed E-state index contributed by atoms with van der Waals surface area (Å²) in [6.07, 6.45) is 0. The first-order chi connectivity index (χ1) is 11.5. The quantitative estimate of drug-likeness (QED) is 0.789. The Hall–Kier alpha value is -3.40. The lowest BCUT2D eigenvalue weighted by atomic mass is 10.1. The summed E-state index contributed by atoms with van der Waals surface area (Å²) < 4.78 is 24.4. The van der Waals surface area contributed by atoms with Crippen molar-refractivity contribution < 1.29 is 23.4 Å². The van der Waals surface area contributed by atoms with Crippen LogP contribution in [0, 0.1) is 24.1 Å². The van der Waals surface area contributed by atoms with Gasteiger partial charge in [-0.1, -0.05) is 0 Å². The maximum Gasteiger partial charge on any atom is 0.335 e. The van der Waals surface area contributed by atoms with Gasteiger partial charge >= 0.3 is 5.97 Å². The fraction of sp³-hybridized carbons (Fsp3) is 0.118. The Labute approximate surface area is 135 Å². The predicted octanol–water partition coefficient (Wildman–Crippen LogP) is 3.42. The third kappa shape index (κ3) is 2.90. The summed E-state index contributed by atoms with van der Waals surface area (Å²) in [7, 11) is 0. The van der Waals surface area contributed by atoms with E-state index in [9.17, 15) is 9.18 Å². The molecule has 0 amide bonds. The van der Waals surface area contributed by atoms with Gasteiger partial charge in [0.05, 0.1) is 11.1 Å². The van der Waals surface area contributed by atoms with E-state index >= 15 is 0 Å². The van der Waals surface area contributed by atoms with Crippen molar-refractivity contribution in [2.75, 3.05) is 0 Å². The number of hydrogen-bond donors (Lipinski definition) is 1. The molecule has 1 N–H and O–H groups in total. The van der Waals surface area contributed by atoms with Crippen molar-refractivity contribution in [3.05, 3.63) is 58.7 Å². The number of hydrogen-bond acceptors (Lipinski definition) is 5. The molecule has 120 valence electrons. The lowest BCUT2D eigenvalue weighted by Gasteiger charge is -2.07. The average molecular weight is 326 g/mol. The van der Waals surface area contributed by atoms with E-state index in [-0.39, 0.29) is 29.4 Å². The summed E-state index contributed by atoms with van der Waals surface area (Å²) in [5.41, 5.74) is 1.33. The van der Waals surface area contributed by atoms with Crippen LogP contribution in [0.4, 0.5) is 4.39 Å². The van der Waals surface area contributed by atoms with Crippen LogP contribution in [0.2, 0.25) is 0 Å². The monoisotopic (exact) mass is 326 g/mol. The number of aromatic nitrogens is 1. The number of ether oxygens (including phenoxy) is 1. The first-order valence-corrected chi connectivity index (χ1v) is 6.93. The molecule has 0 spiro atoms. The summed E-state index contributed by atoms with van der Waals surface area (Å²) in [6.45, 7) is 1.49. The lowest BCUT2D eigenvalue weighted by molar-refractivity contribution is 0.0697. The maximum atomic E-state index is 13.5. The van der Waals surface area contributed by atoms with Gasteiger partial charge in [-0.15, -0.1) is 0 Å². The van der Waals surface area contributed by atoms with Crippen LogP contribution in [0.15, 0.2) is 34.7 Å². The SMILES string of the molecule is Cc1cc(OCc2nc3ccc(C(=O)O)cc3o2)c(C#N)cc1F. The number of aryl methyl sites for hydroxylation is 1. The molecular formula is C17H11FN2O4. The van der Waals surface area contributed by atoms with Gasteiger partial charge in [0.25, 0.3) is 0 Å². The molecule has 0 bridgehead atoms. The molecule has 0 saturated heterocycles. The van der Waals surface area contributed by atoms with E-state index in [1.54, 1.807) is 6.92 Å². The van der Waals surface area contributed by atoms with Crippen LogP contribution >= 0.6 is 0 Å². The van der Waals surface area contributed by atoms with E-state index in [2.05, 4.69) is 4.98 Å². The van der Waals surface area contributed by atoms with Crippen molar-refractivity contribution in [3.8, 4) is 11.8 Å². The van der Waals surface area contributed by atoms with Crippen molar-refractivity contribution in [1.82, 2.24) is 4.98 Å². The second kappa shape index (κ2) is 6.01. The van der Waals surface area contributed by atoms with E-state index in [1.807, 2.05) is 6.07 Å². The molecule has 1 aromatic heterocycles. The van der Waals surface area contributed by atoms with E-state index in [1.165, 1.54) is 24.3 Å². The minimum Gasteiger partial charge on any atom is -0.482 e. The van der Waals surface area contributed by atoms with Gasteiger partial charge in [-0.05, 0) is 42.8 Å². The van der Waals surface area contributed by atoms with Gasteiger partial charge in [-0.3, -0.25) is 0 Å². The van der Waals surface area contributed by atoms with Crippen LogP contribution in [0.25, 0.3) is 11.1 Å². The van der Waals surface area contributed by atoms with Gasteiger partial charge in [-0.2, -0.15) is 5.26 Å². The Kier molecular flexibility index (Phi) is 3.88. The molecule has 3 rings (SSSR count). The van der Waals surface area contributed by atoms with Crippen molar-refractivity contribution >= 4 is 17.1 Å². The third-order valence-corrected chi connectivity index (χ3v) is 3.41. The molecule has 3 aromatic rings. The molecule has 0 radical (unpaired) electrons. The molecule has 0 aliphatic heterocycles. The van der Waals surface area contributed by atoms with Gasteiger partial charge in [0.2, 0.25) is 5.89 Å². The average Bonchev–Trinajstić information content (AvgIpc) is 2.97. The van der Waals surface area contributed by atoms with Gasteiger partial charge < -0.3 is 14.3 Å². The van der Waals surface area contributed by atoms with Crippen molar-refractivity contribution in [3.63, 3.8) is 0 Å². The summed E-state index contributed by atoms with van der Waals surface area (Å²) in [5, 5.41) is 18.0. The number of nitrogens with zero attached hydrogens (tertiary/aromatic N) is 2. The molecule has 0 fully saturated rings. The fourth-order valence-corrected chi connectivity index (χ4v) is 2.17. The Bertz CT molecular complexity index is 988. The van der Waals surface area contributed by atoms with Crippen LogP contribution in [0.5, 0.6) is 5.75 Å². The van der Waals surface area contributed by atoms with Crippen molar-refractivity contribution in [1.29, 1.82) is 5.26 Å². The van der Waals surface area contributed by atoms with Gasteiger partial charge in [0.15, 0.2) is 12.2 Å². The van der Waals surface area contributed by atoms with Crippen LogP contribution < -0.4 is 4.74 Å². The second-order valence-electron chi connectivity index (χ2n) is 5.09. The Morgan fingerprint density at radius 2 is 2.21 bits per heavy atom. The second-order valence-corrected chi connectivity index (χ2v) is 5.09. The molecule has 7 heteroatoms. The number of oxazole rings is 1. The number of carboxylic acid groups (broad SMARTS) is 1. The third-order valence-electron chi connectivity index (χ3n) is 3.41. The highest BCUT2D eigenvalue weighted by Gasteiger charge is 2.12. The number of rotatable bonds is 4. The fourth-order valence-electron chi connectivity index (χ4n) is 2.17. The Morgan fingerprint density at radius 3 is 2.92 bits per heavy atom. The number of benzene rings is 2.